The number of likely N-dealkylation sites (tertiary alicyclic amines) is 1. The molecular weight excluding hydrogens is 240 g/mol. The highest BCUT2D eigenvalue weighted by atomic mass is 16.5. The van der Waals surface area contributed by atoms with E-state index in [0.717, 1.165) is 38.7 Å². The first-order valence-corrected chi connectivity index (χ1v) is 7.16. The highest BCUT2D eigenvalue weighted by molar-refractivity contribution is 5.80. The molecule has 1 aliphatic heterocycles. The number of hydrogen-bond donors (Lipinski definition) is 2. The third kappa shape index (κ3) is 6.25. The summed E-state index contributed by atoms with van der Waals surface area (Å²) in [5.74, 6) is 1.64. The smallest absolute Gasteiger partial charge is 0.193 e. The van der Waals surface area contributed by atoms with Gasteiger partial charge in [-0.25, -0.2) is 0 Å². The molecule has 0 aromatic carbocycles. The Kier molecular flexibility index (Phi) is 6.58. The fraction of sp³-hybridized carbons (Fsp3) is 0.929. The van der Waals surface area contributed by atoms with E-state index in [9.17, 15) is 0 Å². The molecular formula is C14H30N4O. The van der Waals surface area contributed by atoms with E-state index < -0.39 is 0 Å². The Hall–Kier alpha value is -0.810. The summed E-state index contributed by atoms with van der Waals surface area (Å²) in [7, 11) is 3.62. The van der Waals surface area contributed by atoms with Gasteiger partial charge in [0.25, 0.3) is 0 Å². The molecule has 0 radical (unpaired) electrons. The summed E-state index contributed by atoms with van der Waals surface area (Å²) in [4.78, 5) is 6.68. The summed E-state index contributed by atoms with van der Waals surface area (Å²) >= 11 is 0. The van der Waals surface area contributed by atoms with Crippen molar-refractivity contribution in [3.05, 3.63) is 0 Å². The number of nitrogens with zero attached hydrogens (tertiary/aromatic N) is 2. The maximum Gasteiger partial charge on any atom is 0.193 e. The van der Waals surface area contributed by atoms with Gasteiger partial charge in [0.15, 0.2) is 5.96 Å². The third-order valence-electron chi connectivity index (χ3n) is 3.26. The molecule has 0 bridgehead atoms. The molecule has 1 unspecified atom stereocenters. The molecule has 2 N–H and O–H groups in total. The largest absolute Gasteiger partial charge is 0.384 e. The fourth-order valence-electron chi connectivity index (χ4n) is 2.34. The van der Waals surface area contributed by atoms with Gasteiger partial charge in [-0.05, 0) is 27.2 Å². The van der Waals surface area contributed by atoms with Gasteiger partial charge in [0.2, 0.25) is 0 Å². The SMILES string of the molecule is CN=C(NCCNC(C)(C)C)N1CCC(COC)C1. The number of guanidine groups is 1. The van der Waals surface area contributed by atoms with Gasteiger partial charge in [-0.1, -0.05) is 0 Å². The van der Waals surface area contributed by atoms with Crippen LogP contribution in [0.1, 0.15) is 27.2 Å². The standard InChI is InChI=1S/C14H30N4O/c1-14(2,3)17-8-7-16-13(15-4)18-9-6-12(10-18)11-19-5/h12,17H,6-11H2,1-5H3,(H,15,16). The number of aliphatic imine (C=N–C) groups is 1. The number of ether oxygens (including phenoxy) is 1. The Morgan fingerprint density at radius 1 is 1.37 bits per heavy atom. The predicted octanol–water partition coefficient (Wildman–Crippen LogP) is 0.918. The molecule has 1 fully saturated rings. The first-order chi connectivity index (χ1) is 8.96. The van der Waals surface area contributed by atoms with E-state index in [1.165, 1.54) is 6.42 Å². The van der Waals surface area contributed by atoms with Crippen molar-refractivity contribution in [2.24, 2.45) is 10.9 Å². The van der Waals surface area contributed by atoms with Crippen LogP contribution in [0.3, 0.4) is 0 Å². The third-order valence-corrected chi connectivity index (χ3v) is 3.26. The monoisotopic (exact) mass is 270 g/mol. The van der Waals surface area contributed by atoms with Crippen LogP contribution in [0.4, 0.5) is 0 Å². The molecule has 0 aromatic heterocycles. The van der Waals surface area contributed by atoms with Crippen molar-refractivity contribution < 1.29 is 4.74 Å². The normalized spacial score (nSPS) is 21.0. The molecule has 0 aromatic rings. The van der Waals surface area contributed by atoms with E-state index in [2.05, 4.69) is 41.3 Å². The molecule has 0 amide bonds. The van der Waals surface area contributed by atoms with Gasteiger partial charge < -0.3 is 20.3 Å². The quantitative estimate of drug-likeness (QED) is 0.443. The summed E-state index contributed by atoms with van der Waals surface area (Å²) < 4.78 is 5.23. The average molecular weight is 270 g/mol. The second kappa shape index (κ2) is 7.70. The lowest BCUT2D eigenvalue weighted by molar-refractivity contribution is 0.157. The first-order valence-electron chi connectivity index (χ1n) is 7.16. The van der Waals surface area contributed by atoms with Gasteiger partial charge in [-0.15, -0.1) is 0 Å². The van der Waals surface area contributed by atoms with Gasteiger partial charge in [-0.3, -0.25) is 4.99 Å². The van der Waals surface area contributed by atoms with Crippen LogP contribution in [0.25, 0.3) is 0 Å². The van der Waals surface area contributed by atoms with Gasteiger partial charge in [-0.2, -0.15) is 0 Å². The lowest BCUT2D eigenvalue weighted by Gasteiger charge is -2.24. The van der Waals surface area contributed by atoms with Gasteiger partial charge in [0, 0.05) is 51.8 Å². The molecule has 112 valence electrons. The fourth-order valence-corrected chi connectivity index (χ4v) is 2.34. The van der Waals surface area contributed by atoms with Crippen LogP contribution < -0.4 is 10.6 Å². The second-order valence-corrected chi connectivity index (χ2v) is 6.21. The Morgan fingerprint density at radius 2 is 2.11 bits per heavy atom. The number of hydrogen-bond acceptors (Lipinski definition) is 3. The summed E-state index contributed by atoms with van der Waals surface area (Å²) in [6.45, 7) is 11.3. The summed E-state index contributed by atoms with van der Waals surface area (Å²) in [5.41, 5.74) is 0.169. The van der Waals surface area contributed by atoms with Crippen LogP contribution in [0.15, 0.2) is 4.99 Å². The Morgan fingerprint density at radius 3 is 2.68 bits per heavy atom. The number of nitrogens with one attached hydrogen (secondary N) is 2. The molecule has 5 nitrogen and oxygen atoms in total. The lowest BCUT2D eigenvalue weighted by atomic mass is 10.1. The van der Waals surface area contributed by atoms with Gasteiger partial charge in [0.1, 0.15) is 0 Å². The molecule has 19 heavy (non-hydrogen) atoms. The summed E-state index contributed by atoms with van der Waals surface area (Å²) in [6.07, 6.45) is 1.19. The van der Waals surface area contributed by atoms with Crippen LogP contribution >= 0.6 is 0 Å². The zero-order chi connectivity index (χ0) is 14.3. The van der Waals surface area contributed by atoms with E-state index in [-0.39, 0.29) is 5.54 Å². The van der Waals surface area contributed by atoms with Crippen molar-refractivity contribution in [1.29, 1.82) is 0 Å². The minimum absolute atomic E-state index is 0.169. The van der Waals surface area contributed by atoms with Crippen molar-refractivity contribution in [1.82, 2.24) is 15.5 Å². The maximum absolute atomic E-state index is 5.23. The van der Waals surface area contributed by atoms with E-state index >= 15 is 0 Å². The Bertz CT molecular complexity index is 286. The Balaban J connectivity index is 2.27. The molecule has 1 saturated heterocycles. The summed E-state index contributed by atoms with van der Waals surface area (Å²) in [5, 5.41) is 6.88. The van der Waals surface area contributed by atoms with Crippen molar-refractivity contribution >= 4 is 5.96 Å². The van der Waals surface area contributed by atoms with Crippen LogP contribution in [0, 0.1) is 5.92 Å². The van der Waals surface area contributed by atoms with Crippen molar-refractivity contribution in [2.75, 3.05) is 46.9 Å². The minimum atomic E-state index is 0.169. The highest BCUT2D eigenvalue weighted by Crippen LogP contribution is 2.16. The van der Waals surface area contributed by atoms with E-state index in [0.29, 0.717) is 5.92 Å². The van der Waals surface area contributed by atoms with Crippen molar-refractivity contribution in [3.8, 4) is 0 Å². The zero-order valence-electron chi connectivity index (χ0n) is 13.1. The van der Waals surface area contributed by atoms with Gasteiger partial charge in [0.05, 0.1) is 6.61 Å². The van der Waals surface area contributed by atoms with Gasteiger partial charge >= 0.3 is 0 Å². The molecule has 0 spiro atoms. The van der Waals surface area contributed by atoms with E-state index in [1.807, 2.05) is 7.05 Å². The molecule has 0 aliphatic carbocycles. The van der Waals surface area contributed by atoms with Crippen LogP contribution in [-0.4, -0.2) is 63.3 Å². The maximum atomic E-state index is 5.23. The molecule has 1 aliphatic rings. The molecule has 1 atom stereocenters. The van der Waals surface area contributed by atoms with Crippen LogP contribution in [0.2, 0.25) is 0 Å². The minimum Gasteiger partial charge on any atom is -0.384 e. The summed E-state index contributed by atoms with van der Waals surface area (Å²) in [6, 6.07) is 0. The Labute approximate surface area is 117 Å². The topological polar surface area (TPSA) is 48.9 Å². The van der Waals surface area contributed by atoms with Crippen molar-refractivity contribution in [2.45, 2.75) is 32.7 Å². The molecule has 5 heteroatoms. The lowest BCUT2D eigenvalue weighted by Crippen LogP contribution is -2.45. The van der Waals surface area contributed by atoms with E-state index in [1.54, 1.807) is 7.11 Å². The van der Waals surface area contributed by atoms with Crippen molar-refractivity contribution in [3.63, 3.8) is 0 Å². The highest BCUT2D eigenvalue weighted by Gasteiger charge is 2.24. The number of methoxy groups -OCH3 is 1. The average Bonchev–Trinajstić information content (AvgIpc) is 2.77. The second-order valence-electron chi connectivity index (χ2n) is 6.21. The first kappa shape index (κ1) is 16.2. The predicted molar refractivity (Wildman–Crippen MR) is 80.7 cm³/mol. The zero-order valence-corrected chi connectivity index (χ0v) is 13.1. The molecule has 0 saturated carbocycles. The molecule has 1 rings (SSSR count). The molecule has 1 heterocycles. The van der Waals surface area contributed by atoms with Crippen LogP contribution in [-0.2, 0) is 4.74 Å². The van der Waals surface area contributed by atoms with E-state index in [4.69, 9.17) is 4.74 Å². The number of rotatable bonds is 5. The van der Waals surface area contributed by atoms with Crippen LogP contribution in [0.5, 0.6) is 0 Å².